The Kier molecular flexibility index (Phi) is 3.53. The minimum atomic E-state index is 0.636. The van der Waals surface area contributed by atoms with Gasteiger partial charge in [-0.3, -0.25) is 4.90 Å². The molecule has 5 atom stereocenters. The molecule has 3 nitrogen and oxygen atoms in total. The highest BCUT2D eigenvalue weighted by molar-refractivity contribution is 7.09. The minimum absolute atomic E-state index is 0.636. The van der Waals surface area contributed by atoms with Crippen LogP contribution in [0, 0.1) is 17.2 Å². The second-order valence-corrected chi connectivity index (χ2v) is 9.29. The molecule has 138 valence electrons. The van der Waals surface area contributed by atoms with Gasteiger partial charge in [-0.2, -0.15) is 5.26 Å². The first-order valence-corrected chi connectivity index (χ1v) is 10.9. The summed E-state index contributed by atoms with van der Waals surface area (Å²) in [4.78, 5) is 4.02. The molecule has 3 aliphatic heterocycles. The third-order valence-electron chi connectivity index (χ3n) is 7.20. The molecule has 28 heavy (non-hydrogen) atoms. The molecule has 0 radical (unpaired) electrons. The van der Waals surface area contributed by atoms with E-state index in [9.17, 15) is 0 Å². The second kappa shape index (κ2) is 6.01. The molecule has 6 rings (SSSR count). The lowest BCUT2D eigenvalue weighted by Gasteiger charge is -2.63. The number of rotatable bonds is 3. The van der Waals surface area contributed by atoms with E-state index in [1.807, 2.05) is 18.3 Å². The summed E-state index contributed by atoms with van der Waals surface area (Å²) in [5.74, 6) is 1.47. The molecule has 0 aliphatic carbocycles. The topological polar surface area (TPSA) is 39.9 Å². The number of nitriles is 1. The predicted molar refractivity (Wildman–Crippen MR) is 112 cm³/mol. The summed E-state index contributed by atoms with van der Waals surface area (Å²) in [6.45, 7) is 2.42. The quantitative estimate of drug-likeness (QED) is 0.616. The van der Waals surface area contributed by atoms with Gasteiger partial charge in [-0.15, -0.1) is 0 Å². The molecule has 4 unspecified atom stereocenters. The van der Waals surface area contributed by atoms with Crippen molar-refractivity contribution in [2.45, 2.75) is 43.8 Å². The van der Waals surface area contributed by atoms with Crippen LogP contribution in [0.2, 0.25) is 0 Å². The maximum Gasteiger partial charge on any atom is 0.0991 e. The lowest BCUT2D eigenvalue weighted by Crippen LogP contribution is -2.70. The van der Waals surface area contributed by atoms with Gasteiger partial charge < -0.3 is 0 Å². The molecule has 1 aromatic heterocycles. The van der Waals surface area contributed by atoms with Gasteiger partial charge in [0.05, 0.1) is 16.5 Å². The molecular weight excluding hydrogens is 362 g/mol. The van der Waals surface area contributed by atoms with Crippen molar-refractivity contribution in [1.82, 2.24) is 9.27 Å². The lowest BCUT2D eigenvalue weighted by atomic mass is 9.67. The summed E-state index contributed by atoms with van der Waals surface area (Å²) >= 11 is 1.58. The van der Waals surface area contributed by atoms with Crippen LogP contribution in [-0.2, 0) is 0 Å². The SMILES string of the molecule is C[C@@H]1CC2C(c3cccc(-c4ccc(C#N)cc4)c3-c3ccns3)C3CC1N32. The van der Waals surface area contributed by atoms with Crippen molar-refractivity contribution in [3.05, 3.63) is 65.9 Å². The normalized spacial score (nSPS) is 30.2. The average molecular weight is 384 g/mol. The van der Waals surface area contributed by atoms with Gasteiger partial charge in [-0.25, -0.2) is 4.37 Å². The van der Waals surface area contributed by atoms with Crippen molar-refractivity contribution in [1.29, 1.82) is 5.26 Å². The number of piperidine rings is 1. The van der Waals surface area contributed by atoms with Gasteiger partial charge >= 0.3 is 0 Å². The fourth-order valence-corrected chi connectivity index (χ4v) is 6.62. The third kappa shape index (κ3) is 2.15. The van der Waals surface area contributed by atoms with Crippen LogP contribution in [0.25, 0.3) is 21.6 Å². The Bertz CT molecular complexity index is 1080. The standard InChI is InChI=1S/C24H21N3S/c1-14-11-20-24(21-12-19(14)27(20)21)18-4-2-3-17(23(18)22-9-10-26-28-22)16-7-5-15(13-25)6-8-16/h2-10,14,19-21,24H,11-12H2,1H3/t14-,19?,20?,21?,24?/m1/s1. The molecule has 0 amide bonds. The Morgan fingerprint density at radius 3 is 2.61 bits per heavy atom. The number of nitrogens with zero attached hydrogens (tertiary/aromatic N) is 3. The molecule has 3 aliphatic rings. The minimum Gasteiger partial charge on any atom is -0.293 e. The summed E-state index contributed by atoms with van der Waals surface area (Å²) in [5.41, 5.74) is 5.97. The van der Waals surface area contributed by atoms with Crippen molar-refractivity contribution in [3.63, 3.8) is 0 Å². The highest BCUT2D eigenvalue weighted by Crippen LogP contribution is 2.61. The van der Waals surface area contributed by atoms with Gasteiger partial charge in [-0.05, 0) is 65.2 Å². The van der Waals surface area contributed by atoms with E-state index in [0.717, 1.165) is 18.0 Å². The van der Waals surface area contributed by atoms with Crippen molar-refractivity contribution >= 4 is 11.5 Å². The van der Waals surface area contributed by atoms with Gasteiger partial charge in [0.1, 0.15) is 0 Å². The van der Waals surface area contributed by atoms with E-state index < -0.39 is 0 Å². The molecule has 2 aromatic carbocycles. The van der Waals surface area contributed by atoms with Gasteiger partial charge in [0.2, 0.25) is 0 Å². The zero-order chi connectivity index (χ0) is 18.8. The molecule has 4 heteroatoms. The molecule has 3 fully saturated rings. The third-order valence-corrected chi connectivity index (χ3v) is 7.96. The Labute approximate surface area is 169 Å². The average Bonchev–Trinajstić information content (AvgIpc) is 3.26. The number of benzene rings is 2. The van der Waals surface area contributed by atoms with E-state index in [2.05, 4.69) is 58.7 Å². The van der Waals surface area contributed by atoms with Crippen LogP contribution in [0.4, 0.5) is 0 Å². The summed E-state index contributed by atoms with van der Waals surface area (Å²) in [7, 11) is 0. The molecule has 0 N–H and O–H groups in total. The van der Waals surface area contributed by atoms with Crippen LogP contribution in [-0.4, -0.2) is 27.4 Å². The summed E-state index contributed by atoms with van der Waals surface area (Å²) in [6.07, 6.45) is 4.59. The van der Waals surface area contributed by atoms with E-state index in [0.29, 0.717) is 17.5 Å². The van der Waals surface area contributed by atoms with Gasteiger partial charge in [0, 0.05) is 35.8 Å². The highest BCUT2D eigenvalue weighted by atomic mass is 32.1. The van der Waals surface area contributed by atoms with Crippen LogP contribution in [0.3, 0.4) is 0 Å². The Morgan fingerprint density at radius 2 is 1.86 bits per heavy atom. The monoisotopic (exact) mass is 383 g/mol. The maximum absolute atomic E-state index is 9.14. The van der Waals surface area contributed by atoms with Crippen molar-refractivity contribution in [3.8, 4) is 27.6 Å². The Hall–Kier alpha value is -2.48. The number of hydrogen-bond acceptors (Lipinski definition) is 4. The van der Waals surface area contributed by atoms with Crippen molar-refractivity contribution in [2.75, 3.05) is 0 Å². The van der Waals surface area contributed by atoms with E-state index in [1.54, 1.807) is 11.5 Å². The fourth-order valence-electron chi connectivity index (χ4n) is 5.94. The second-order valence-electron chi connectivity index (χ2n) is 8.46. The number of aromatic nitrogens is 1. The molecule has 3 aromatic rings. The molecular formula is C24H21N3S. The van der Waals surface area contributed by atoms with Crippen LogP contribution >= 0.6 is 11.5 Å². The predicted octanol–water partition coefficient (Wildman–Crippen LogP) is 5.30. The zero-order valence-electron chi connectivity index (χ0n) is 15.7. The van der Waals surface area contributed by atoms with Crippen molar-refractivity contribution < 1.29 is 0 Å². The molecule has 0 spiro atoms. The van der Waals surface area contributed by atoms with Crippen LogP contribution in [0.15, 0.2) is 54.7 Å². The number of hydrogen-bond donors (Lipinski definition) is 0. The molecule has 3 saturated heterocycles. The van der Waals surface area contributed by atoms with Gasteiger partial charge in [0.25, 0.3) is 0 Å². The van der Waals surface area contributed by atoms with Crippen LogP contribution in [0.1, 0.15) is 36.8 Å². The van der Waals surface area contributed by atoms with E-state index >= 15 is 0 Å². The van der Waals surface area contributed by atoms with E-state index in [4.69, 9.17) is 5.26 Å². The zero-order valence-corrected chi connectivity index (χ0v) is 16.6. The Balaban J connectivity index is 1.50. The van der Waals surface area contributed by atoms with Crippen LogP contribution in [0.5, 0.6) is 0 Å². The van der Waals surface area contributed by atoms with E-state index in [-0.39, 0.29) is 0 Å². The van der Waals surface area contributed by atoms with E-state index in [1.165, 1.54) is 40.0 Å². The summed E-state index contributed by atoms with van der Waals surface area (Å²) in [5, 5.41) is 9.14. The smallest absolute Gasteiger partial charge is 0.0991 e. The maximum atomic E-state index is 9.14. The summed E-state index contributed by atoms with van der Waals surface area (Å²) in [6, 6.07) is 21.4. The molecule has 0 bridgehead atoms. The first kappa shape index (κ1) is 16.5. The Morgan fingerprint density at radius 1 is 1.04 bits per heavy atom. The summed E-state index contributed by atoms with van der Waals surface area (Å²) < 4.78 is 4.40. The first-order chi connectivity index (χ1) is 13.8. The first-order valence-electron chi connectivity index (χ1n) is 10.1. The highest BCUT2D eigenvalue weighted by Gasteiger charge is 2.64. The molecule has 0 saturated carbocycles. The largest absolute Gasteiger partial charge is 0.293 e. The van der Waals surface area contributed by atoms with Gasteiger partial charge in [0.15, 0.2) is 0 Å². The van der Waals surface area contributed by atoms with Crippen LogP contribution < -0.4 is 0 Å². The van der Waals surface area contributed by atoms with Crippen molar-refractivity contribution in [2.24, 2.45) is 5.92 Å². The fraction of sp³-hybridized carbons (Fsp3) is 0.333. The molecule has 4 heterocycles. The van der Waals surface area contributed by atoms with Gasteiger partial charge in [-0.1, -0.05) is 37.3 Å². The lowest BCUT2D eigenvalue weighted by molar-refractivity contribution is -0.104.